The quantitative estimate of drug-likeness (QED) is 0.516. The van der Waals surface area contributed by atoms with Gasteiger partial charge in [-0.05, 0) is 56.5 Å². The Bertz CT molecular complexity index is 1150. The minimum atomic E-state index is -0.546. The summed E-state index contributed by atoms with van der Waals surface area (Å²) in [5.74, 6) is 0.0234. The molecule has 8 heteroatoms. The molecule has 1 atom stereocenters. The molecule has 1 heterocycles. The highest BCUT2D eigenvalue weighted by Gasteiger charge is 2.17. The van der Waals surface area contributed by atoms with Crippen LogP contribution >= 0.6 is 0 Å². The van der Waals surface area contributed by atoms with Crippen LogP contribution in [-0.2, 0) is 4.74 Å². The Kier molecular flexibility index (Phi) is 7.23. The van der Waals surface area contributed by atoms with E-state index >= 15 is 0 Å². The van der Waals surface area contributed by atoms with Crippen LogP contribution in [0.1, 0.15) is 44.7 Å². The van der Waals surface area contributed by atoms with E-state index in [2.05, 4.69) is 26.7 Å². The molecule has 170 valence electrons. The number of hydrogen-bond donors (Lipinski definition) is 2. The number of rotatable bonds is 6. The Morgan fingerprint density at radius 2 is 1.82 bits per heavy atom. The highest BCUT2D eigenvalue weighted by atomic mass is 19.1. The highest BCUT2D eigenvalue weighted by Crippen LogP contribution is 2.25. The van der Waals surface area contributed by atoms with Gasteiger partial charge in [-0.15, -0.1) is 0 Å². The summed E-state index contributed by atoms with van der Waals surface area (Å²) in [6.45, 7) is 7.88. The van der Waals surface area contributed by atoms with Gasteiger partial charge < -0.3 is 15.4 Å². The summed E-state index contributed by atoms with van der Waals surface area (Å²) in [5, 5.41) is 15.3. The molecule has 1 amide bonds. The topological polar surface area (TPSA) is 99.9 Å². The van der Waals surface area contributed by atoms with E-state index in [0.717, 1.165) is 11.1 Å². The largest absolute Gasteiger partial charge is 0.444 e. The van der Waals surface area contributed by atoms with Gasteiger partial charge in [0.1, 0.15) is 17.5 Å². The second-order valence-corrected chi connectivity index (χ2v) is 8.61. The first kappa shape index (κ1) is 23.7. The molecule has 7 nitrogen and oxygen atoms in total. The summed E-state index contributed by atoms with van der Waals surface area (Å²) in [7, 11) is 0. The number of carbonyl (C=O) groups is 1. The second-order valence-electron chi connectivity index (χ2n) is 8.61. The number of nitriles is 1. The molecule has 0 bridgehead atoms. The van der Waals surface area contributed by atoms with Gasteiger partial charge >= 0.3 is 6.09 Å². The molecular weight excluding hydrogens is 421 g/mol. The Labute approximate surface area is 192 Å². The van der Waals surface area contributed by atoms with Crippen LogP contribution in [0, 0.1) is 17.1 Å². The normalized spacial score (nSPS) is 11.9. The first-order chi connectivity index (χ1) is 15.6. The molecule has 0 radical (unpaired) electrons. The van der Waals surface area contributed by atoms with E-state index < -0.39 is 11.7 Å². The van der Waals surface area contributed by atoms with Crippen molar-refractivity contribution in [2.45, 2.75) is 39.2 Å². The van der Waals surface area contributed by atoms with E-state index in [9.17, 15) is 14.4 Å². The molecule has 0 saturated carbocycles. The van der Waals surface area contributed by atoms with Crippen LogP contribution in [0.2, 0.25) is 0 Å². The van der Waals surface area contributed by atoms with Crippen LogP contribution in [-0.4, -0.2) is 28.2 Å². The summed E-state index contributed by atoms with van der Waals surface area (Å²) in [4.78, 5) is 20.5. The number of nitrogens with one attached hydrogen (secondary N) is 2. The van der Waals surface area contributed by atoms with Gasteiger partial charge in [-0.25, -0.2) is 19.2 Å². The molecule has 3 aromatic rings. The maximum Gasteiger partial charge on any atom is 0.407 e. The number of carbonyl (C=O) groups excluding carboxylic acids is 1. The van der Waals surface area contributed by atoms with Gasteiger partial charge in [0.2, 0.25) is 5.95 Å². The molecule has 2 N–H and O–H groups in total. The van der Waals surface area contributed by atoms with E-state index in [1.807, 2.05) is 52.0 Å². The zero-order valence-electron chi connectivity index (χ0n) is 19.0. The molecule has 0 aliphatic heterocycles. The van der Waals surface area contributed by atoms with E-state index in [1.54, 1.807) is 12.1 Å². The number of anilines is 2. The van der Waals surface area contributed by atoms with Crippen molar-refractivity contribution in [2.75, 3.05) is 11.9 Å². The number of hydrogen-bond acceptors (Lipinski definition) is 6. The van der Waals surface area contributed by atoms with Gasteiger partial charge in [0.15, 0.2) is 0 Å². The fraction of sp³-hybridized carbons (Fsp3) is 0.280. The number of aromatic nitrogens is 2. The van der Waals surface area contributed by atoms with Crippen LogP contribution in [0.5, 0.6) is 0 Å². The van der Waals surface area contributed by atoms with Gasteiger partial charge in [0.05, 0.1) is 17.5 Å². The van der Waals surface area contributed by atoms with E-state index in [-0.39, 0.29) is 11.7 Å². The number of ether oxygens (including phenoxy) is 1. The Morgan fingerprint density at radius 1 is 1.15 bits per heavy atom. The SMILES string of the molecule is CC(CNC(=O)OC(C)(C)C)c1ccc(-c2nc(Nc3ccc(F)cc3)ncc2C#N)cc1. The molecule has 1 unspecified atom stereocenters. The highest BCUT2D eigenvalue weighted by molar-refractivity contribution is 5.69. The van der Waals surface area contributed by atoms with Crippen molar-refractivity contribution >= 4 is 17.7 Å². The standard InChI is InChI=1S/C25H26FN5O2/c1-16(14-29-24(32)33-25(2,3)4)17-5-7-18(8-6-17)22-19(13-27)15-28-23(31-22)30-21-11-9-20(26)10-12-21/h5-12,15-16H,14H2,1-4H3,(H,29,32)(H,28,30,31). The monoisotopic (exact) mass is 447 g/mol. The van der Waals surface area contributed by atoms with E-state index in [4.69, 9.17) is 4.74 Å². The predicted molar refractivity (Wildman–Crippen MR) is 125 cm³/mol. The fourth-order valence-corrected chi connectivity index (χ4v) is 3.04. The predicted octanol–water partition coefficient (Wildman–Crippen LogP) is 5.53. The lowest BCUT2D eigenvalue weighted by atomic mass is 9.98. The zero-order chi connectivity index (χ0) is 24.0. The van der Waals surface area contributed by atoms with Crippen LogP contribution in [0.25, 0.3) is 11.3 Å². The minimum Gasteiger partial charge on any atom is -0.444 e. The molecule has 0 fully saturated rings. The van der Waals surface area contributed by atoms with Gasteiger partial charge in [0.25, 0.3) is 0 Å². The molecule has 33 heavy (non-hydrogen) atoms. The lowest BCUT2D eigenvalue weighted by Gasteiger charge is -2.21. The third-order valence-corrected chi connectivity index (χ3v) is 4.71. The maximum absolute atomic E-state index is 13.1. The zero-order valence-corrected chi connectivity index (χ0v) is 19.0. The molecule has 2 aromatic carbocycles. The average molecular weight is 448 g/mol. The third-order valence-electron chi connectivity index (χ3n) is 4.71. The number of amides is 1. The maximum atomic E-state index is 13.1. The van der Waals surface area contributed by atoms with Crippen LogP contribution in [0.4, 0.5) is 20.8 Å². The molecule has 0 aliphatic rings. The summed E-state index contributed by atoms with van der Waals surface area (Å²) in [5.41, 5.74) is 2.69. The Hall–Kier alpha value is -3.99. The van der Waals surface area contributed by atoms with Crippen molar-refractivity contribution in [3.8, 4) is 17.3 Å². The van der Waals surface area contributed by atoms with Gasteiger partial charge in [0, 0.05) is 17.8 Å². The smallest absolute Gasteiger partial charge is 0.407 e. The molecule has 1 aromatic heterocycles. The molecule has 0 spiro atoms. The molecular formula is C25H26FN5O2. The van der Waals surface area contributed by atoms with Gasteiger partial charge in [-0.1, -0.05) is 31.2 Å². The lowest BCUT2D eigenvalue weighted by molar-refractivity contribution is 0.0525. The summed E-state index contributed by atoms with van der Waals surface area (Å²) < 4.78 is 18.4. The van der Waals surface area contributed by atoms with Crippen LogP contribution in [0.3, 0.4) is 0 Å². The Morgan fingerprint density at radius 3 is 2.42 bits per heavy atom. The molecule has 0 saturated heterocycles. The van der Waals surface area contributed by atoms with Gasteiger partial charge in [-0.2, -0.15) is 5.26 Å². The van der Waals surface area contributed by atoms with Crippen molar-refractivity contribution < 1.29 is 13.9 Å². The number of benzene rings is 2. The number of nitrogens with zero attached hydrogens (tertiary/aromatic N) is 3. The Balaban J connectivity index is 1.73. The lowest BCUT2D eigenvalue weighted by Crippen LogP contribution is -2.34. The average Bonchev–Trinajstić information content (AvgIpc) is 2.78. The summed E-state index contributed by atoms with van der Waals surface area (Å²) in [6.07, 6.45) is 1.00. The first-order valence-corrected chi connectivity index (χ1v) is 10.5. The van der Waals surface area contributed by atoms with Crippen molar-refractivity contribution in [2.24, 2.45) is 0 Å². The number of halogens is 1. The van der Waals surface area contributed by atoms with Crippen molar-refractivity contribution in [1.29, 1.82) is 5.26 Å². The number of alkyl carbamates (subject to hydrolysis) is 1. The third kappa shape index (κ3) is 6.74. The molecule has 0 aliphatic carbocycles. The van der Waals surface area contributed by atoms with E-state index in [0.29, 0.717) is 29.4 Å². The molecule has 3 rings (SSSR count). The van der Waals surface area contributed by atoms with E-state index in [1.165, 1.54) is 18.3 Å². The summed E-state index contributed by atoms with van der Waals surface area (Å²) >= 11 is 0. The van der Waals surface area contributed by atoms with Crippen molar-refractivity contribution in [1.82, 2.24) is 15.3 Å². The summed E-state index contributed by atoms with van der Waals surface area (Å²) in [6, 6.07) is 15.6. The van der Waals surface area contributed by atoms with Crippen molar-refractivity contribution in [3.05, 3.63) is 71.7 Å². The van der Waals surface area contributed by atoms with Crippen molar-refractivity contribution in [3.63, 3.8) is 0 Å². The van der Waals surface area contributed by atoms with Gasteiger partial charge in [-0.3, -0.25) is 0 Å². The van der Waals surface area contributed by atoms with Crippen LogP contribution in [0.15, 0.2) is 54.7 Å². The second kappa shape index (κ2) is 10.1. The fourth-order valence-electron chi connectivity index (χ4n) is 3.04. The first-order valence-electron chi connectivity index (χ1n) is 10.5. The van der Waals surface area contributed by atoms with Crippen LogP contribution < -0.4 is 10.6 Å². The minimum absolute atomic E-state index is 0.0584.